The summed E-state index contributed by atoms with van der Waals surface area (Å²) in [7, 11) is -9.90. The van der Waals surface area contributed by atoms with Crippen LogP contribution in [0.1, 0.15) is 331 Å². The largest absolute Gasteiger partial charge is 0.472 e. The molecule has 0 aromatic rings. The first kappa shape index (κ1) is 85.1. The number of phosphoric ester groups is 2. The minimum absolute atomic E-state index is 0.104. The number of ether oxygens (including phenoxy) is 4. The lowest BCUT2D eigenvalue weighted by molar-refractivity contribution is -0.161. The summed E-state index contributed by atoms with van der Waals surface area (Å²) in [4.78, 5) is 72.4. The molecule has 19 heteroatoms. The number of aliphatic hydroxyl groups is 1. The zero-order chi connectivity index (χ0) is 64.7. The molecule has 0 rings (SSSR count). The molecule has 0 aliphatic heterocycles. The topological polar surface area (TPSA) is 237 Å². The summed E-state index contributed by atoms with van der Waals surface area (Å²) in [6.07, 6.45) is 39.1. The van der Waals surface area contributed by atoms with Crippen molar-refractivity contribution < 1.29 is 80.2 Å². The monoisotopic (exact) mass is 1280 g/mol. The minimum Gasteiger partial charge on any atom is -0.462 e. The summed E-state index contributed by atoms with van der Waals surface area (Å²) in [5.74, 6) is 0.796. The van der Waals surface area contributed by atoms with Crippen LogP contribution in [-0.4, -0.2) is 96.7 Å². The Morgan fingerprint density at radius 3 is 0.713 bits per heavy atom. The summed E-state index contributed by atoms with van der Waals surface area (Å²) in [5.41, 5.74) is 0. The maximum Gasteiger partial charge on any atom is 0.472 e. The zero-order valence-electron chi connectivity index (χ0n) is 56.6. The fraction of sp³-hybridized carbons (Fsp3) is 0.941. The average molecular weight is 1280 g/mol. The predicted molar refractivity (Wildman–Crippen MR) is 349 cm³/mol. The quantitative estimate of drug-likeness (QED) is 0.0222. The highest BCUT2D eigenvalue weighted by Crippen LogP contribution is 2.45. The van der Waals surface area contributed by atoms with Gasteiger partial charge >= 0.3 is 39.5 Å². The van der Waals surface area contributed by atoms with Gasteiger partial charge in [-0.1, -0.05) is 280 Å². The van der Waals surface area contributed by atoms with Crippen LogP contribution in [0.5, 0.6) is 0 Å². The second-order valence-corrected chi connectivity index (χ2v) is 29.4. The molecule has 0 aliphatic carbocycles. The normalized spacial score (nSPS) is 14.3. The van der Waals surface area contributed by atoms with Crippen LogP contribution in [0.15, 0.2) is 0 Å². The Morgan fingerprint density at radius 2 is 0.483 bits per heavy atom. The Hall–Kier alpha value is -1.94. The van der Waals surface area contributed by atoms with E-state index in [-0.39, 0.29) is 25.7 Å². The predicted octanol–water partition coefficient (Wildman–Crippen LogP) is 18.9. The van der Waals surface area contributed by atoms with Crippen molar-refractivity contribution >= 4 is 39.5 Å². The molecule has 0 radical (unpaired) electrons. The summed E-state index contributed by atoms with van der Waals surface area (Å²) in [5, 5.41) is 10.6. The van der Waals surface area contributed by atoms with Gasteiger partial charge in [-0.05, 0) is 49.4 Å². The lowest BCUT2D eigenvalue weighted by atomic mass is 10.0. The third-order valence-electron chi connectivity index (χ3n) is 15.6. The van der Waals surface area contributed by atoms with Crippen molar-refractivity contribution in [3.63, 3.8) is 0 Å². The second-order valence-electron chi connectivity index (χ2n) is 26.5. The molecule has 87 heavy (non-hydrogen) atoms. The highest BCUT2D eigenvalue weighted by molar-refractivity contribution is 7.47. The average Bonchev–Trinajstić information content (AvgIpc) is 3.64. The van der Waals surface area contributed by atoms with E-state index in [4.69, 9.17) is 37.0 Å². The number of hydrogen-bond acceptors (Lipinski definition) is 15. The number of carbonyl (C=O) groups excluding carboxylic acids is 4. The van der Waals surface area contributed by atoms with Crippen LogP contribution in [0, 0.1) is 23.7 Å². The molecule has 0 fully saturated rings. The molecule has 17 nitrogen and oxygen atoms in total. The number of unbranched alkanes of at least 4 members (excludes halogenated alkanes) is 31. The van der Waals surface area contributed by atoms with E-state index in [9.17, 15) is 43.2 Å². The van der Waals surface area contributed by atoms with Gasteiger partial charge in [0.1, 0.15) is 19.3 Å². The lowest BCUT2D eigenvalue weighted by Crippen LogP contribution is -2.30. The van der Waals surface area contributed by atoms with Gasteiger partial charge in [0.25, 0.3) is 0 Å². The number of phosphoric acid groups is 2. The van der Waals surface area contributed by atoms with E-state index in [1.54, 1.807) is 0 Å². The number of carbonyl (C=O) groups is 4. The van der Waals surface area contributed by atoms with Crippen LogP contribution in [0.4, 0.5) is 0 Å². The Labute approximate surface area is 530 Å². The van der Waals surface area contributed by atoms with Gasteiger partial charge in [-0.2, -0.15) is 0 Å². The molecule has 0 spiro atoms. The third kappa shape index (κ3) is 62.6. The van der Waals surface area contributed by atoms with Crippen LogP contribution in [0.2, 0.25) is 0 Å². The van der Waals surface area contributed by atoms with Gasteiger partial charge in [0.05, 0.1) is 26.4 Å². The molecule has 5 atom stereocenters. The minimum atomic E-state index is -4.95. The molecule has 516 valence electrons. The molecule has 0 bridgehead atoms. The summed E-state index contributed by atoms with van der Waals surface area (Å²) < 4.78 is 68.2. The van der Waals surface area contributed by atoms with Crippen LogP contribution >= 0.6 is 15.6 Å². The molecule has 0 aromatic carbocycles. The van der Waals surface area contributed by atoms with Crippen molar-refractivity contribution in [3.8, 4) is 0 Å². The Balaban J connectivity index is 5.25. The molecule has 0 aliphatic rings. The smallest absolute Gasteiger partial charge is 0.462 e. The summed E-state index contributed by atoms with van der Waals surface area (Å²) in [6, 6.07) is 0. The van der Waals surface area contributed by atoms with Gasteiger partial charge < -0.3 is 33.8 Å². The molecule has 3 unspecified atom stereocenters. The first-order chi connectivity index (χ1) is 41.6. The first-order valence-electron chi connectivity index (χ1n) is 35.2. The highest BCUT2D eigenvalue weighted by Gasteiger charge is 2.30. The van der Waals surface area contributed by atoms with Gasteiger partial charge in [-0.15, -0.1) is 0 Å². The molecule has 0 aromatic heterocycles. The van der Waals surface area contributed by atoms with E-state index in [0.29, 0.717) is 31.6 Å². The van der Waals surface area contributed by atoms with Crippen molar-refractivity contribution in [1.29, 1.82) is 0 Å². The van der Waals surface area contributed by atoms with E-state index in [2.05, 4.69) is 55.4 Å². The highest BCUT2D eigenvalue weighted by atomic mass is 31.2. The van der Waals surface area contributed by atoms with Gasteiger partial charge in [0.15, 0.2) is 12.2 Å². The second kappa shape index (κ2) is 57.9. The van der Waals surface area contributed by atoms with Crippen LogP contribution < -0.4 is 0 Å². The number of aliphatic hydroxyl groups excluding tert-OH is 1. The van der Waals surface area contributed by atoms with Crippen molar-refractivity contribution in [2.75, 3.05) is 39.6 Å². The van der Waals surface area contributed by atoms with E-state index in [0.717, 1.165) is 114 Å². The van der Waals surface area contributed by atoms with Crippen LogP contribution in [0.25, 0.3) is 0 Å². The number of esters is 4. The van der Waals surface area contributed by atoms with E-state index < -0.39 is 97.5 Å². The fourth-order valence-corrected chi connectivity index (χ4v) is 11.7. The zero-order valence-corrected chi connectivity index (χ0v) is 58.4. The van der Waals surface area contributed by atoms with Gasteiger partial charge in [-0.3, -0.25) is 37.3 Å². The fourth-order valence-electron chi connectivity index (χ4n) is 10.1. The van der Waals surface area contributed by atoms with E-state index in [1.807, 2.05) is 0 Å². The Kier molecular flexibility index (Phi) is 56.6. The maximum atomic E-state index is 13.0. The molecular formula is C68H132O17P2. The summed E-state index contributed by atoms with van der Waals surface area (Å²) in [6.45, 7) is 14.0. The lowest BCUT2D eigenvalue weighted by Gasteiger charge is -2.21. The molecule has 0 saturated carbocycles. The van der Waals surface area contributed by atoms with Gasteiger partial charge in [0.2, 0.25) is 0 Å². The molecule has 0 heterocycles. The van der Waals surface area contributed by atoms with Crippen molar-refractivity contribution in [2.24, 2.45) is 23.7 Å². The Bertz CT molecular complexity index is 1730. The van der Waals surface area contributed by atoms with E-state index >= 15 is 0 Å². The third-order valence-corrected chi connectivity index (χ3v) is 17.5. The standard InChI is InChI=1S/C68H132O17P2/c1-58(2)44-36-28-20-13-10-9-11-15-24-32-40-48-65(70)78-54-63(85-68(73)51-43-35-26-18-17-22-30-38-46-60(5)6)56-82-86(74,75)80-52-62(69)53-81-87(76,77)83-57-64(55-79-66(71)49-41-33-27-19-23-31-39-47-61(7)8)84-67(72)50-42-34-25-16-12-14-21-29-37-45-59(3)4/h58-64,69H,9-57H2,1-8H3,(H,74,75)(H,76,77)/t62?,63-,64-/m1/s1. The molecule has 3 N–H and O–H groups in total. The number of rotatable bonds is 65. The van der Waals surface area contributed by atoms with Crippen molar-refractivity contribution in [1.82, 2.24) is 0 Å². The summed E-state index contributed by atoms with van der Waals surface area (Å²) >= 11 is 0. The molecular weight excluding hydrogens is 1150 g/mol. The van der Waals surface area contributed by atoms with Crippen LogP contribution in [0.3, 0.4) is 0 Å². The number of hydrogen-bond donors (Lipinski definition) is 3. The SMILES string of the molecule is CC(C)CCCCCCCCCCCCCC(=O)OC[C@H](COP(=O)(O)OCC(O)COP(=O)(O)OC[C@@H](COC(=O)CCCCCCCCCC(C)C)OC(=O)CCCCCCCCCCCC(C)C)OC(=O)CCCCCCCCCCC(C)C. The maximum absolute atomic E-state index is 13.0. The first-order valence-corrected chi connectivity index (χ1v) is 38.2. The van der Waals surface area contributed by atoms with Gasteiger partial charge in [0, 0.05) is 25.7 Å². The van der Waals surface area contributed by atoms with Gasteiger partial charge in [-0.25, -0.2) is 9.13 Å². The van der Waals surface area contributed by atoms with Crippen molar-refractivity contribution in [3.05, 3.63) is 0 Å². The Morgan fingerprint density at radius 1 is 0.287 bits per heavy atom. The van der Waals surface area contributed by atoms with E-state index in [1.165, 1.54) is 128 Å². The van der Waals surface area contributed by atoms with Crippen LogP contribution in [-0.2, 0) is 65.4 Å². The van der Waals surface area contributed by atoms with Crippen molar-refractivity contribution in [2.45, 2.75) is 350 Å². The molecule has 0 saturated heterocycles. The molecule has 0 amide bonds.